The Morgan fingerprint density at radius 1 is 0.640 bits per heavy atom. The summed E-state index contributed by atoms with van der Waals surface area (Å²) in [4.78, 5) is 4.68. The van der Waals surface area contributed by atoms with Crippen LogP contribution in [0, 0.1) is 4.77 Å². The van der Waals surface area contributed by atoms with E-state index in [-0.39, 0.29) is 0 Å². The zero-order valence-electron chi connectivity index (χ0n) is 13.5. The van der Waals surface area contributed by atoms with Crippen molar-refractivity contribution in [3.63, 3.8) is 0 Å². The van der Waals surface area contributed by atoms with Gasteiger partial charge in [0.15, 0.2) is 0 Å². The molecule has 0 spiro atoms. The predicted octanol–water partition coefficient (Wildman–Crippen LogP) is 5.94. The molecule has 0 saturated carbocycles. The minimum Gasteiger partial charge on any atom is -0.285 e. The fourth-order valence-electron chi connectivity index (χ4n) is 2.89. The zero-order valence-corrected chi connectivity index (χ0v) is 14.4. The van der Waals surface area contributed by atoms with E-state index in [0.29, 0.717) is 4.77 Å². The van der Waals surface area contributed by atoms with E-state index in [1.807, 2.05) is 71.3 Å². The molecule has 3 aromatic carbocycles. The van der Waals surface area contributed by atoms with Gasteiger partial charge in [0, 0.05) is 11.3 Å². The summed E-state index contributed by atoms with van der Waals surface area (Å²) in [5.41, 5.74) is 5.10. The number of para-hydroxylation sites is 1. The number of hydrogen-bond acceptors (Lipinski definition) is 2. The highest BCUT2D eigenvalue weighted by molar-refractivity contribution is 7.71. The van der Waals surface area contributed by atoms with Crippen LogP contribution in [0.25, 0.3) is 28.2 Å². The third-order valence-corrected chi connectivity index (χ3v) is 4.35. The minimum atomic E-state index is 0.548. The Bertz CT molecular complexity index is 1040. The van der Waals surface area contributed by atoms with E-state index >= 15 is 0 Å². The molecule has 0 unspecified atom stereocenters. The Labute approximate surface area is 152 Å². The van der Waals surface area contributed by atoms with Crippen molar-refractivity contribution in [2.75, 3.05) is 0 Å². The first-order chi connectivity index (χ1) is 12.3. The van der Waals surface area contributed by atoms with Crippen LogP contribution >= 0.6 is 12.2 Å². The van der Waals surface area contributed by atoms with E-state index in [1.54, 1.807) is 0 Å². The largest absolute Gasteiger partial charge is 0.285 e. The van der Waals surface area contributed by atoms with Gasteiger partial charge in [-0.05, 0) is 36.0 Å². The fraction of sp³-hybridized carbons (Fsp3) is 0. The summed E-state index contributed by atoms with van der Waals surface area (Å²) in [6.07, 6.45) is 0. The van der Waals surface area contributed by atoms with Gasteiger partial charge in [0.05, 0.1) is 11.4 Å². The monoisotopic (exact) mass is 340 g/mol. The number of aromatic nitrogens is 2. The summed E-state index contributed by atoms with van der Waals surface area (Å²) in [6.45, 7) is 0. The van der Waals surface area contributed by atoms with E-state index in [2.05, 4.69) is 35.3 Å². The van der Waals surface area contributed by atoms with Crippen molar-refractivity contribution in [3.05, 3.63) is 102 Å². The molecule has 4 aromatic rings. The zero-order chi connectivity index (χ0) is 17.1. The first-order valence-corrected chi connectivity index (χ1v) is 8.54. The normalized spacial score (nSPS) is 10.6. The Morgan fingerprint density at radius 3 is 1.76 bits per heavy atom. The molecule has 120 valence electrons. The molecule has 0 amide bonds. The first kappa shape index (κ1) is 15.5. The van der Waals surface area contributed by atoms with Gasteiger partial charge in [-0.1, -0.05) is 78.9 Å². The number of nitrogens with zero attached hydrogens (tertiary/aromatic N) is 2. The van der Waals surface area contributed by atoms with Crippen LogP contribution in [0.5, 0.6) is 0 Å². The van der Waals surface area contributed by atoms with Crippen LogP contribution in [0.4, 0.5) is 0 Å². The molecule has 4 rings (SSSR count). The second-order valence-corrected chi connectivity index (χ2v) is 6.08. The molecule has 3 heteroatoms. The van der Waals surface area contributed by atoms with Crippen molar-refractivity contribution in [2.45, 2.75) is 0 Å². The summed E-state index contributed by atoms with van der Waals surface area (Å²) in [7, 11) is 0. The minimum absolute atomic E-state index is 0.548. The third-order valence-electron chi connectivity index (χ3n) is 4.08. The molecule has 0 aliphatic rings. The quantitative estimate of drug-likeness (QED) is 0.430. The van der Waals surface area contributed by atoms with Crippen LogP contribution in [-0.4, -0.2) is 9.55 Å². The van der Waals surface area contributed by atoms with Gasteiger partial charge in [-0.3, -0.25) is 4.57 Å². The lowest BCUT2D eigenvalue weighted by atomic mass is 10.1. The molecule has 0 N–H and O–H groups in total. The van der Waals surface area contributed by atoms with Gasteiger partial charge in [-0.15, -0.1) is 0 Å². The third kappa shape index (κ3) is 3.14. The molecule has 0 aliphatic heterocycles. The molecule has 2 nitrogen and oxygen atoms in total. The molecule has 0 bridgehead atoms. The van der Waals surface area contributed by atoms with Gasteiger partial charge in [0.2, 0.25) is 4.77 Å². The summed E-state index contributed by atoms with van der Waals surface area (Å²) >= 11 is 5.66. The Balaban J connectivity index is 2.01. The second kappa shape index (κ2) is 6.83. The fourth-order valence-corrected chi connectivity index (χ4v) is 3.19. The average molecular weight is 340 g/mol. The standard InChI is InChI=1S/C22H16N2S/c25-22-23-20(17-10-4-1-5-11-17)16-21(18-12-6-2-7-13-18)24(22)19-14-8-3-9-15-19/h1-16H. The van der Waals surface area contributed by atoms with Crippen molar-refractivity contribution < 1.29 is 0 Å². The van der Waals surface area contributed by atoms with Crippen LogP contribution in [0.2, 0.25) is 0 Å². The molecule has 1 heterocycles. The van der Waals surface area contributed by atoms with Crippen LogP contribution < -0.4 is 0 Å². The molecule has 0 radical (unpaired) electrons. The SMILES string of the molecule is S=c1nc(-c2ccccc2)cc(-c2ccccc2)n1-c1ccccc1. The van der Waals surface area contributed by atoms with Gasteiger partial charge in [0.1, 0.15) is 0 Å². The molecule has 0 fully saturated rings. The molecule has 0 atom stereocenters. The van der Waals surface area contributed by atoms with Gasteiger partial charge in [-0.2, -0.15) is 0 Å². The van der Waals surface area contributed by atoms with E-state index in [0.717, 1.165) is 28.2 Å². The van der Waals surface area contributed by atoms with Gasteiger partial charge in [0.25, 0.3) is 0 Å². The highest BCUT2D eigenvalue weighted by Crippen LogP contribution is 2.27. The van der Waals surface area contributed by atoms with Crippen LogP contribution in [-0.2, 0) is 0 Å². The first-order valence-electron chi connectivity index (χ1n) is 8.13. The Hall–Kier alpha value is -3.04. The molecule has 1 aromatic heterocycles. The van der Waals surface area contributed by atoms with Crippen molar-refractivity contribution in [2.24, 2.45) is 0 Å². The molecule has 0 saturated heterocycles. The maximum atomic E-state index is 5.66. The van der Waals surface area contributed by atoms with Crippen LogP contribution in [0.3, 0.4) is 0 Å². The lowest BCUT2D eigenvalue weighted by Crippen LogP contribution is -2.05. The van der Waals surface area contributed by atoms with E-state index in [9.17, 15) is 0 Å². The summed E-state index contributed by atoms with van der Waals surface area (Å²) in [5, 5.41) is 0. The van der Waals surface area contributed by atoms with E-state index in [4.69, 9.17) is 12.2 Å². The van der Waals surface area contributed by atoms with Gasteiger partial charge < -0.3 is 0 Å². The van der Waals surface area contributed by atoms with Crippen molar-refractivity contribution in [3.8, 4) is 28.2 Å². The van der Waals surface area contributed by atoms with E-state index in [1.165, 1.54) is 0 Å². The second-order valence-electron chi connectivity index (χ2n) is 5.71. The van der Waals surface area contributed by atoms with Crippen LogP contribution in [0.15, 0.2) is 97.1 Å². The smallest absolute Gasteiger partial charge is 0.205 e. The average Bonchev–Trinajstić information content (AvgIpc) is 2.69. The summed E-state index contributed by atoms with van der Waals surface area (Å²) < 4.78 is 2.57. The predicted molar refractivity (Wildman–Crippen MR) is 105 cm³/mol. The van der Waals surface area contributed by atoms with Crippen molar-refractivity contribution in [1.29, 1.82) is 0 Å². The van der Waals surface area contributed by atoms with Gasteiger partial charge in [-0.25, -0.2) is 4.98 Å². The number of rotatable bonds is 3. The molecular formula is C22H16N2S. The Kier molecular flexibility index (Phi) is 4.23. The molecule has 0 aliphatic carbocycles. The highest BCUT2D eigenvalue weighted by atomic mass is 32.1. The van der Waals surface area contributed by atoms with Crippen molar-refractivity contribution in [1.82, 2.24) is 9.55 Å². The summed E-state index contributed by atoms with van der Waals surface area (Å²) in [5.74, 6) is 0. The molecular weight excluding hydrogens is 324 g/mol. The van der Waals surface area contributed by atoms with Crippen molar-refractivity contribution >= 4 is 12.2 Å². The topological polar surface area (TPSA) is 17.8 Å². The highest BCUT2D eigenvalue weighted by Gasteiger charge is 2.11. The lowest BCUT2D eigenvalue weighted by Gasteiger charge is -2.15. The summed E-state index contributed by atoms with van der Waals surface area (Å²) in [6, 6.07) is 32.6. The maximum absolute atomic E-state index is 5.66. The molecule has 25 heavy (non-hydrogen) atoms. The Morgan fingerprint density at radius 2 is 1.16 bits per heavy atom. The van der Waals surface area contributed by atoms with Gasteiger partial charge >= 0.3 is 0 Å². The van der Waals surface area contributed by atoms with Crippen LogP contribution in [0.1, 0.15) is 0 Å². The number of benzene rings is 3. The van der Waals surface area contributed by atoms with E-state index < -0.39 is 0 Å². The lowest BCUT2D eigenvalue weighted by molar-refractivity contribution is 0.969. The maximum Gasteiger partial charge on any atom is 0.205 e. The number of hydrogen-bond donors (Lipinski definition) is 0.